The van der Waals surface area contributed by atoms with E-state index in [1.165, 1.54) is 7.11 Å². The minimum Gasteiger partial charge on any atom is -0.494 e. The van der Waals surface area contributed by atoms with E-state index in [0.29, 0.717) is 33.9 Å². The largest absolute Gasteiger partial charge is 0.494 e. The molecular weight excluding hydrogens is 484 g/mol. The van der Waals surface area contributed by atoms with Gasteiger partial charge in [0, 0.05) is 28.6 Å². The van der Waals surface area contributed by atoms with Crippen LogP contribution < -0.4 is 26.4 Å². The first-order chi connectivity index (χ1) is 16.1. The fourth-order valence-corrected chi connectivity index (χ4v) is 3.37. The van der Waals surface area contributed by atoms with Crippen LogP contribution in [-0.2, 0) is 5.41 Å². The van der Waals surface area contributed by atoms with Crippen molar-refractivity contribution in [2.75, 3.05) is 23.5 Å². The van der Waals surface area contributed by atoms with Crippen molar-refractivity contribution in [3.63, 3.8) is 0 Å². The van der Waals surface area contributed by atoms with Crippen LogP contribution in [0.3, 0.4) is 0 Å². The van der Waals surface area contributed by atoms with Crippen LogP contribution in [0, 0.1) is 0 Å². The third kappa shape index (κ3) is 7.43. The number of nitrogen functional groups attached to an aromatic ring is 1. The standard InChI is InChI=1S/C26H28N4O3S.ClH/c1-26(2,3)18-9-5-16(6-10-18)24(32)30-25(34)28-20-13-14-21(22(15-20)33-4)29-23(31)17-7-11-19(27)12-8-17;/h5-15H,27H2,1-4H3,(H,29,31)(H2,28,30,32,34);1H. The van der Waals surface area contributed by atoms with Crippen molar-refractivity contribution >= 4 is 58.6 Å². The summed E-state index contributed by atoms with van der Waals surface area (Å²) in [5.41, 5.74) is 9.46. The molecule has 0 unspecified atom stereocenters. The first kappa shape index (κ1) is 27.6. The summed E-state index contributed by atoms with van der Waals surface area (Å²) in [6.45, 7) is 6.35. The van der Waals surface area contributed by atoms with Crippen molar-refractivity contribution < 1.29 is 14.3 Å². The minimum absolute atomic E-state index is 0. The number of benzene rings is 3. The van der Waals surface area contributed by atoms with Gasteiger partial charge in [-0.1, -0.05) is 32.9 Å². The number of thiocarbonyl (C=S) groups is 1. The summed E-state index contributed by atoms with van der Waals surface area (Å²) in [7, 11) is 1.50. The number of carbonyl (C=O) groups is 2. The number of methoxy groups -OCH3 is 1. The summed E-state index contributed by atoms with van der Waals surface area (Å²) in [5.74, 6) is -0.169. The van der Waals surface area contributed by atoms with Crippen LogP contribution in [0.15, 0.2) is 66.7 Å². The van der Waals surface area contributed by atoms with Gasteiger partial charge in [0.1, 0.15) is 5.75 Å². The fraction of sp³-hybridized carbons (Fsp3) is 0.192. The minimum atomic E-state index is -0.308. The number of hydrogen-bond acceptors (Lipinski definition) is 5. The third-order valence-electron chi connectivity index (χ3n) is 5.12. The highest BCUT2D eigenvalue weighted by molar-refractivity contribution is 7.80. The number of nitrogens with one attached hydrogen (secondary N) is 3. The molecule has 3 aromatic rings. The average molecular weight is 513 g/mol. The summed E-state index contributed by atoms with van der Waals surface area (Å²) < 4.78 is 5.41. The Hall–Kier alpha value is -3.62. The van der Waals surface area contributed by atoms with Crippen LogP contribution in [0.5, 0.6) is 5.75 Å². The molecule has 5 N–H and O–H groups in total. The summed E-state index contributed by atoms with van der Waals surface area (Å²) in [4.78, 5) is 25.0. The monoisotopic (exact) mass is 512 g/mol. The van der Waals surface area contributed by atoms with Gasteiger partial charge in [-0.15, -0.1) is 12.4 Å². The zero-order valence-corrected chi connectivity index (χ0v) is 21.6. The van der Waals surface area contributed by atoms with E-state index in [-0.39, 0.29) is 34.7 Å². The van der Waals surface area contributed by atoms with E-state index >= 15 is 0 Å². The van der Waals surface area contributed by atoms with E-state index in [4.69, 9.17) is 22.7 Å². The Morgan fingerprint density at radius 1 is 0.857 bits per heavy atom. The molecule has 0 bridgehead atoms. The summed E-state index contributed by atoms with van der Waals surface area (Å²) >= 11 is 5.29. The topological polar surface area (TPSA) is 105 Å². The lowest BCUT2D eigenvalue weighted by Gasteiger charge is -2.19. The number of nitrogens with two attached hydrogens (primary N) is 1. The van der Waals surface area contributed by atoms with Gasteiger partial charge in [0.15, 0.2) is 5.11 Å². The molecule has 0 aromatic heterocycles. The number of carbonyl (C=O) groups excluding carboxylic acids is 2. The quantitative estimate of drug-likeness (QED) is 0.270. The first-order valence-corrected chi connectivity index (χ1v) is 11.1. The van der Waals surface area contributed by atoms with Gasteiger partial charge < -0.3 is 21.1 Å². The van der Waals surface area contributed by atoms with E-state index < -0.39 is 0 Å². The molecule has 0 saturated heterocycles. The molecular formula is C26H29ClN4O3S. The highest BCUT2D eigenvalue weighted by atomic mass is 35.5. The predicted molar refractivity (Wildman–Crippen MR) is 148 cm³/mol. The van der Waals surface area contributed by atoms with Gasteiger partial charge in [0.05, 0.1) is 12.8 Å². The molecule has 0 heterocycles. The molecule has 7 nitrogen and oxygen atoms in total. The van der Waals surface area contributed by atoms with Crippen LogP contribution in [0.25, 0.3) is 0 Å². The van der Waals surface area contributed by atoms with Crippen LogP contribution in [-0.4, -0.2) is 24.0 Å². The van der Waals surface area contributed by atoms with Gasteiger partial charge >= 0.3 is 0 Å². The van der Waals surface area contributed by atoms with E-state index in [1.807, 2.05) is 12.1 Å². The lowest BCUT2D eigenvalue weighted by molar-refractivity contribution is 0.0976. The Bertz CT molecular complexity index is 1210. The molecule has 0 radical (unpaired) electrons. The number of amides is 2. The molecule has 9 heteroatoms. The van der Waals surface area contributed by atoms with Crippen LogP contribution in [0.2, 0.25) is 0 Å². The molecule has 0 aliphatic heterocycles. The predicted octanol–water partition coefficient (Wildman–Crippen LogP) is 5.38. The Morgan fingerprint density at radius 2 is 1.43 bits per heavy atom. The summed E-state index contributed by atoms with van der Waals surface area (Å²) in [6.07, 6.45) is 0. The third-order valence-corrected chi connectivity index (χ3v) is 5.32. The fourth-order valence-electron chi connectivity index (χ4n) is 3.16. The second kappa shape index (κ2) is 11.7. The molecule has 35 heavy (non-hydrogen) atoms. The number of ether oxygens (including phenoxy) is 1. The van der Waals surface area contributed by atoms with Crippen LogP contribution in [0.4, 0.5) is 17.1 Å². The molecule has 3 rings (SSSR count). The van der Waals surface area contributed by atoms with Crippen molar-refractivity contribution in [1.82, 2.24) is 5.32 Å². The second-order valence-corrected chi connectivity index (χ2v) is 9.14. The van der Waals surface area contributed by atoms with E-state index in [2.05, 4.69) is 36.7 Å². The summed E-state index contributed by atoms with van der Waals surface area (Å²) in [6, 6.07) is 19.1. The number of halogens is 1. The molecule has 3 aromatic carbocycles. The lowest BCUT2D eigenvalue weighted by atomic mass is 9.87. The lowest BCUT2D eigenvalue weighted by Crippen LogP contribution is -2.34. The van der Waals surface area contributed by atoms with Crippen LogP contribution in [0.1, 0.15) is 47.1 Å². The van der Waals surface area contributed by atoms with Gasteiger partial charge in [-0.05, 0) is 71.7 Å². The Morgan fingerprint density at radius 3 is 2.00 bits per heavy atom. The maximum absolute atomic E-state index is 12.5. The Balaban J connectivity index is 0.00000432. The second-order valence-electron chi connectivity index (χ2n) is 8.73. The van der Waals surface area contributed by atoms with Crippen LogP contribution >= 0.6 is 24.6 Å². The van der Waals surface area contributed by atoms with Gasteiger partial charge in [-0.25, -0.2) is 0 Å². The number of rotatable bonds is 5. The van der Waals surface area contributed by atoms with Gasteiger partial charge in [-0.2, -0.15) is 0 Å². The number of anilines is 3. The zero-order chi connectivity index (χ0) is 24.9. The van der Waals surface area contributed by atoms with Crippen molar-refractivity contribution in [1.29, 1.82) is 0 Å². The average Bonchev–Trinajstić information content (AvgIpc) is 2.79. The van der Waals surface area contributed by atoms with Crippen molar-refractivity contribution in [2.24, 2.45) is 0 Å². The van der Waals surface area contributed by atoms with Gasteiger partial charge in [-0.3, -0.25) is 14.9 Å². The Kier molecular flexibility index (Phi) is 9.22. The van der Waals surface area contributed by atoms with Gasteiger partial charge in [0.2, 0.25) is 0 Å². The van der Waals surface area contributed by atoms with Crippen molar-refractivity contribution in [3.8, 4) is 5.75 Å². The highest BCUT2D eigenvalue weighted by Crippen LogP contribution is 2.28. The molecule has 0 aliphatic rings. The maximum Gasteiger partial charge on any atom is 0.257 e. The van der Waals surface area contributed by atoms with Crippen molar-refractivity contribution in [2.45, 2.75) is 26.2 Å². The molecule has 0 spiro atoms. The maximum atomic E-state index is 12.5. The molecule has 184 valence electrons. The van der Waals surface area contributed by atoms with Gasteiger partial charge in [0.25, 0.3) is 11.8 Å². The van der Waals surface area contributed by atoms with E-state index in [0.717, 1.165) is 5.56 Å². The summed E-state index contributed by atoms with van der Waals surface area (Å²) in [5, 5.41) is 8.59. The highest BCUT2D eigenvalue weighted by Gasteiger charge is 2.15. The Labute approximate surface area is 216 Å². The van der Waals surface area contributed by atoms with Crippen molar-refractivity contribution in [3.05, 3.63) is 83.4 Å². The van der Waals surface area contributed by atoms with E-state index in [9.17, 15) is 9.59 Å². The SMILES string of the molecule is COc1cc(NC(=S)NC(=O)c2ccc(C(C)(C)C)cc2)ccc1NC(=O)c1ccc(N)cc1.Cl. The molecule has 0 aliphatic carbocycles. The molecule has 2 amide bonds. The molecule has 0 fully saturated rings. The number of hydrogen-bond donors (Lipinski definition) is 4. The first-order valence-electron chi connectivity index (χ1n) is 10.6. The molecule has 0 atom stereocenters. The smallest absolute Gasteiger partial charge is 0.257 e. The normalized spacial score (nSPS) is 10.5. The zero-order valence-electron chi connectivity index (χ0n) is 20.0. The molecule has 0 saturated carbocycles. The van der Waals surface area contributed by atoms with E-state index in [1.54, 1.807) is 54.6 Å².